The number of aromatic nitrogens is 1. The lowest BCUT2D eigenvalue weighted by molar-refractivity contribution is 0.259. The highest BCUT2D eigenvalue weighted by atomic mass is 16.2. The van der Waals surface area contributed by atoms with Crippen LogP contribution in [0.4, 0.5) is 10.5 Å². The van der Waals surface area contributed by atoms with Gasteiger partial charge in [0.25, 0.3) is 0 Å². The first-order chi connectivity index (χ1) is 8.61. The Balaban J connectivity index is 2.32. The number of benzene rings is 1. The van der Waals surface area contributed by atoms with Crippen LogP contribution in [0.5, 0.6) is 0 Å². The van der Waals surface area contributed by atoms with Crippen LogP contribution in [0, 0.1) is 11.3 Å². The molecule has 2 amide bonds. The molecule has 1 aromatic carbocycles. The molecule has 0 spiro atoms. The molecule has 0 aliphatic carbocycles. The Bertz CT molecular complexity index is 619. The quantitative estimate of drug-likeness (QED) is 0.842. The van der Waals surface area contributed by atoms with Gasteiger partial charge in [-0.2, -0.15) is 5.26 Å². The van der Waals surface area contributed by atoms with Crippen LogP contribution >= 0.6 is 0 Å². The van der Waals surface area contributed by atoms with E-state index in [1.54, 1.807) is 18.2 Å². The Morgan fingerprint density at radius 1 is 1.28 bits per heavy atom. The number of amides is 2. The minimum Gasteiger partial charge on any atom is -0.351 e. The van der Waals surface area contributed by atoms with Gasteiger partial charge in [0.15, 0.2) is 0 Å². The van der Waals surface area contributed by atoms with E-state index in [2.05, 4.69) is 11.4 Å². The Kier molecular flexibility index (Phi) is 3.02. The number of rotatable bonds is 2. The molecule has 0 atom stereocenters. The minimum absolute atomic E-state index is 0.589. The first-order valence-electron chi connectivity index (χ1n) is 5.34. The summed E-state index contributed by atoms with van der Waals surface area (Å²) >= 11 is 0. The first kappa shape index (κ1) is 11.7. The van der Waals surface area contributed by atoms with Gasteiger partial charge in [-0.05, 0) is 29.8 Å². The molecular weight excluding hydrogens is 228 g/mol. The Morgan fingerprint density at radius 2 is 1.94 bits per heavy atom. The number of nitrogens with two attached hydrogens (primary N) is 1. The van der Waals surface area contributed by atoms with Crippen LogP contribution in [0.2, 0.25) is 0 Å². The smallest absolute Gasteiger partial charge is 0.316 e. The number of primary amides is 1. The average molecular weight is 240 g/mol. The van der Waals surface area contributed by atoms with E-state index in [0.717, 1.165) is 11.3 Å². The summed E-state index contributed by atoms with van der Waals surface area (Å²) in [6.45, 7) is 0. The van der Waals surface area contributed by atoms with Gasteiger partial charge in [-0.25, -0.2) is 4.79 Å². The third-order valence-electron chi connectivity index (χ3n) is 2.68. The minimum atomic E-state index is -0.589. The number of nitrogens with zero attached hydrogens (tertiary/aromatic N) is 2. The molecular formula is C13H12N4O. The van der Waals surface area contributed by atoms with Crippen LogP contribution in [0.25, 0.3) is 11.3 Å². The average Bonchev–Trinajstić information content (AvgIpc) is 2.71. The molecule has 3 N–H and O–H groups in total. The summed E-state index contributed by atoms with van der Waals surface area (Å²) in [5.74, 6) is 0. The zero-order valence-electron chi connectivity index (χ0n) is 9.84. The monoisotopic (exact) mass is 240 g/mol. The Hall–Kier alpha value is -2.74. The van der Waals surface area contributed by atoms with Crippen LogP contribution in [-0.4, -0.2) is 10.6 Å². The highest BCUT2D eigenvalue weighted by molar-refractivity contribution is 5.88. The molecule has 0 bridgehead atoms. The molecule has 0 aliphatic heterocycles. The Morgan fingerprint density at radius 3 is 2.44 bits per heavy atom. The maximum Gasteiger partial charge on any atom is 0.316 e. The van der Waals surface area contributed by atoms with Crippen molar-refractivity contribution in [3.63, 3.8) is 0 Å². The van der Waals surface area contributed by atoms with Gasteiger partial charge in [0.2, 0.25) is 0 Å². The van der Waals surface area contributed by atoms with Crippen molar-refractivity contribution in [2.75, 3.05) is 5.32 Å². The van der Waals surface area contributed by atoms with E-state index in [-0.39, 0.29) is 0 Å². The van der Waals surface area contributed by atoms with Gasteiger partial charge in [0, 0.05) is 18.4 Å². The van der Waals surface area contributed by atoms with Crippen molar-refractivity contribution < 1.29 is 4.79 Å². The van der Waals surface area contributed by atoms with E-state index >= 15 is 0 Å². The fourth-order valence-corrected chi connectivity index (χ4v) is 1.78. The Labute approximate surface area is 104 Å². The van der Waals surface area contributed by atoms with Crippen LogP contribution in [0.1, 0.15) is 5.69 Å². The number of hydrogen-bond acceptors (Lipinski definition) is 2. The predicted octanol–water partition coefficient (Wildman–Crippen LogP) is 2.05. The van der Waals surface area contributed by atoms with Crippen molar-refractivity contribution in [3.8, 4) is 17.3 Å². The summed E-state index contributed by atoms with van der Waals surface area (Å²) < 4.78 is 1.82. The highest BCUT2D eigenvalue weighted by Crippen LogP contribution is 2.23. The number of hydrogen-bond donors (Lipinski definition) is 2. The van der Waals surface area contributed by atoms with Crippen molar-refractivity contribution in [2.24, 2.45) is 12.8 Å². The van der Waals surface area contributed by atoms with Crippen molar-refractivity contribution in [3.05, 3.63) is 42.1 Å². The first-order valence-corrected chi connectivity index (χ1v) is 5.34. The molecule has 0 saturated carbocycles. The largest absolute Gasteiger partial charge is 0.351 e. The second-order valence-corrected chi connectivity index (χ2v) is 3.84. The summed E-state index contributed by atoms with van der Waals surface area (Å²) in [5, 5.41) is 11.4. The van der Waals surface area contributed by atoms with E-state index in [4.69, 9.17) is 11.0 Å². The summed E-state index contributed by atoms with van der Waals surface area (Å²) in [6, 6.07) is 12.4. The standard InChI is InChI=1S/C13H12N4O/c1-17-11(8-14)6-7-12(17)9-2-4-10(5-3-9)16-13(15)18/h2-7H,1H3,(H3,15,16,18). The van der Waals surface area contributed by atoms with Crippen molar-refractivity contribution in [1.82, 2.24) is 4.57 Å². The summed E-state index contributed by atoms with van der Waals surface area (Å²) in [7, 11) is 1.84. The molecule has 5 heteroatoms. The third-order valence-corrected chi connectivity index (χ3v) is 2.68. The molecule has 18 heavy (non-hydrogen) atoms. The van der Waals surface area contributed by atoms with Gasteiger partial charge in [-0.1, -0.05) is 12.1 Å². The number of carbonyl (C=O) groups is 1. The molecule has 0 aliphatic rings. The van der Waals surface area contributed by atoms with Gasteiger partial charge >= 0.3 is 6.03 Å². The summed E-state index contributed by atoms with van der Waals surface area (Å²) in [6.07, 6.45) is 0. The van der Waals surface area contributed by atoms with Crippen LogP contribution in [-0.2, 0) is 7.05 Å². The van der Waals surface area contributed by atoms with E-state index in [0.29, 0.717) is 11.4 Å². The molecule has 2 aromatic rings. The fourth-order valence-electron chi connectivity index (χ4n) is 1.78. The van der Waals surface area contributed by atoms with Gasteiger partial charge in [-0.3, -0.25) is 0 Å². The summed E-state index contributed by atoms with van der Waals surface area (Å²) in [5.41, 5.74) is 8.18. The maximum absolute atomic E-state index is 10.7. The lowest BCUT2D eigenvalue weighted by Crippen LogP contribution is -2.19. The molecule has 90 valence electrons. The third kappa shape index (κ3) is 2.18. The van der Waals surface area contributed by atoms with Gasteiger partial charge in [0.1, 0.15) is 11.8 Å². The zero-order chi connectivity index (χ0) is 13.1. The number of carbonyl (C=O) groups excluding carboxylic acids is 1. The second-order valence-electron chi connectivity index (χ2n) is 3.84. The normalized spacial score (nSPS) is 9.78. The molecule has 0 saturated heterocycles. The molecule has 5 nitrogen and oxygen atoms in total. The lowest BCUT2D eigenvalue weighted by Gasteiger charge is -2.06. The summed E-state index contributed by atoms with van der Waals surface area (Å²) in [4.78, 5) is 10.7. The van der Waals surface area contributed by atoms with Gasteiger partial charge in [-0.15, -0.1) is 0 Å². The van der Waals surface area contributed by atoms with E-state index in [9.17, 15) is 4.79 Å². The second kappa shape index (κ2) is 4.63. The molecule has 0 fully saturated rings. The van der Waals surface area contributed by atoms with Gasteiger partial charge < -0.3 is 15.6 Å². The fraction of sp³-hybridized carbons (Fsp3) is 0.0769. The number of nitrogens with one attached hydrogen (secondary N) is 1. The predicted molar refractivity (Wildman–Crippen MR) is 68.8 cm³/mol. The van der Waals surface area contributed by atoms with Crippen molar-refractivity contribution >= 4 is 11.7 Å². The maximum atomic E-state index is 10.7. The molecule has 1 aromatic heterocycles. The van der Waals surface area contributed by atoms with E-state index in [1.807, 2.05) is 29.8 Å². The van der Waals surface area contributed by atoms with Crippen LogP contribution in [0.3, 0.4) is 0 Å². The van der Waals surface area contributed by atoms with E-state index in [1.165, 1.54) is 0 Å². The van der Waals surface area contributed by atoms with Gasteiger partial charge in [0.05, 0.1) is 0 Å². The number of urea groups is 1. The van der Waals surface area contributed by atoms with Crippen LogP contribution in [0.15, 0.2) is 36.4 Å². The SMILES string of the molecule is Cn1c(C#N)ccc1-c1ccc(NC(N)=O)cc1. The van der Waals surface area contributed by atoms with Crippen molar-refractivity contribution in [1.29, 1.82) is 5.26 Å². The number of anilines is 1. The highest BCUT2D eigenvalue weighted by Gasteiger charge is 2.06. The molecule has 2 rings (SSSR count). The lowest BCUT2D eigenvalue weighted by atomic mass is 10.1. The van der Waals surface area contributed by atoms with Crippen LogP contribution < -0.4 is 11.1 Å². The molecule has 0 radical (unpaired) electrons. The topological polar surface area (TPSA) is 83.8 Å². The molecule has 1 heterocycles. The van der Waals surface area contributed by atoms with Crippen molar-refractivity contribution in [2.45, 2.75) is 0 Å². The number of nitriles is 1. The molecule has 0 unspecified atom stereocenters. The van der Waals surface area contributed by atoms with E-state index < -0.39 is 6.03 Å². The zero-order valence-corrected chi connectivity index (χ0v) is 9.84.